The van der Waals surface area contributed by atoms with Gasteiger partial charge in [0, 0.05) is 11.1 Å². The van der Waals surface area contributed by atoms with Gasteiger partial charge >= 0.3 is 0 Å². The van der Waals surface area contributed by atoms with Crippen LogP contribution in [0.3, 0.4) is 0 Å². The summed E-state index contributed by atoms with van der Waals surface area (Å²) < 4.78 is 13.5. The van der Waals surface area contributed by atoms with E-state index in [1.54, 1.807) is 0 Å². The monoisotopic (exact) mass is 667 g/mol. The van der Waals surface area contributed by atoms with Crippen LogP contribution in [0.5, 0.6) is 11.5 Å². The smallest absolute Gasteiger partial charge is 0.275 e. The Hall–Kier alpha value is -1.53. The van der Waals surface area contributed by atoms with Crippen molar-refractivity contribution in [3.05, 3.63) is 58.7 Å². The summed E-state index contributed by atoms with van der Waals surface area (Å²) in [5.74, 6) is 4.40. The molecule has 0 amide bonds. The highest BCUT2D eigenvalue weighted by atomic mass is 31.1. The lowest BCUT2D eigenvalue weighted by atomic mass is 9.80. The molecular weight excluding hydrogens is 591 g/mol. The summed E-state index contributed by atoms with van der Waals surface area (Å²) >= 11 is 0. The van der Waals surface area contributed by atoms with E-state index < -0.39 is 0 Å². The molecule has 0 saturated carbocycles. The van der Waals surface area contributed by atoms with Crippen LogP contribution in [0.1, 0.15) is 230 Å². The maximum absolute atomic E-state index is 6.77. The second kappa shape index (κ2) is 25.4. The predicted octanol–water partition coefficient (Wildman–Crippen LogP) is 15.9. The number of rotatable bonds is 28. The van der Waals surface area contributed by atoms with Crippen molar-refractivity contribution in [1.29, 1.82) is 0 Å². The minimum atomic E-state index is -0.0440. The minimum absolute atomic E-state index is 0.0440. The van der Waals surface area contributed by atoms with Gasteiger partial charge in [-0.15, -0.1) is 0 Å². The summed E-state index contributed by atoms with van der Waals surface area (Å²) in [6.45, 7) is 18.8. The second-order valence-electron chi connectivity index (χ2n) is 14.2. The van der Waals surface area contributed by atoms with Gasteiger partial charge in [0.2, 0.25) is 0 Å². The van der Waals surface area contributed by atoms with Gasteiger partial charge in [-0.25, -0.2) is 0 Å². The van der Waals surface area contributed by atoms with Gasteiger partial charge in [-0.1, -0.05) is 157 Å². The quantitative estimate of drug-likeness (QED) is 0.0665. The highest BCUT2D eigenvalue weighted by Crippen LogP contribution is 2.45. The Balaban J connectivity index is 2.47. The Morgan fingerprint density at radius 1 is 0.426 bits per heavy atom. The van der Waals surface area contributed by atoms with E-state index in [2.05, 4.69) is 91.8 Å². The molecule has 0 saturated heterocycles. The highest BCUT2D eigenvalue weighted by molar-refractivity contribution is 7.27. The van der Waals surface area contributed by atoms with Gasteiger partial charge in [0.15, 0.2) is 0 Å². The molecule has 0 N–H and O–H groups in total. The van der Waals surface area contributed by atoms with Crippen molar-refractivity contribution in [3.63, 3.8) is 0 Å². The van der Waals surface area contributed by atoms with E-state index in [1.165, 1.54) is 138 Å². The first-order chi connectivity index (χ1) is 23.0. The van der Waals surface area contributed by atoms with Crippen molar-refractivity contribution >= 4 is 9.03 Å². The van der Waals surface area contributed by atoms with E-state index in [4.69, 9.17) is 9.05 Å². The molecule has 0 heterocycles. The summed E-state index contributed by atoms with van der Waals surface area (Å²) in [4.78, 5) is 0. The largest absolute Gasteiger partial charge is 0.440 e. The first kappa shape index (κ1) is 41.6. The van der Waals surface area contributed by atoms with Gasteiger partial charge < -0.3 is 9.05 Å². The lowest BCUT2D eigenvalue weighted by Crippen LogP contribution is -2.10. The molecule has 0 radical (unpaired) electrons. The van der Waals surface area contributed by atoms with Crippen LogP contribution in [0.4, 0.5) is 0 Å². The molecule has 0 spiro atoms. The molecule has 0 aromatic heterocycles. The van der Waals surface area contributed by atoms with Crippen molar-refractivity contribution < 1.29 is 9.05 Å². The van der Waals surface area contributed by atoms with Gasteiger partial charge in [0.05, 0.1) is 0 Å². The third kappa shape index (κ3) is 13.7. The average Bonchev–Trinajstić information content (AvgIpc) is 3.09. The molecule has 4 atom stereocenters. The Kier molecular flexibility index (Phi) is 22.5. The zero-order valence-electron chi connectivity index (χ0n) is 32.2. The van der Waals surface area contributed by atoms with Gasteiger partial charge in [0.1, 0.15) is 11.5 Å². The molecule has 2 aromatic rings. The lowest BCUT2D eigenvalue weighted by Gasteiger charge is -2.28. The van der Waals surface area contributed by atoms with Crippen molar-refractivity contribution in [3.8, 4) is 11.5 Å². The highest BCUT2D eigenvalue weighted by Gasteiger charge is 2.25. The van der Waals surface area contributed by atoms with Crippen LogP contribution in [0.2, 0.25) is 0 Å². The van der Waals surface area contributed by atoms with Gasteiger partial charge in [-0.2, -0.15) is 0 Å². The maximum Gasteiger partial charge on any atom is 0.275 e. The lowest BCUT2D eigenvalue weighted by molar-refractivity contribution is 0.470. The van der Waals surface area contributed by atoms with E-state index in [1.807, 2.05) is 0 Å². The van der Waals surface area contributed by atoms with Crippen LogP contribution in [0, 0.1) is 0 Å². The summed E-state index contributed by atoms with van der Waals surface area (Å²) in [7, 11) is -0.0440. The van der Waals surface area contributed by atoms with E-state index in [9.17, 15) is 0 Å². The predicted molar refractivity (Wildman–Crippen MR) is 211 cm³/mol. The van der Waals surface area contributed by atoms with E-state index in [-0.39, 0.29) is 9.03 Å². The maximum atomic E-state index is 6.77. The molecule has 3 heteroatoms. The number of hydrogen-bond acceptors (Lipinski definition) is 2. The van der Waals surface area contributed by atoms with Crippen LogP contribution in [-0.2, 0) is 0 Å². The summed E-state index contributed by atoms with van der Waals surface area (Å²) in [6, 6.07) is 13.8. The third-order valence-corrected chi connectivity index (χ3v) is 11.4. The van der Waals surface area contributed by atoms with Crippen LogP contribution in [0.15, 0.2) is 36.4 Å². The zero-order chi connectivity index (χ0) is 34.3. The molecule has 0 bridgehead atoms. The van der Waals surface area contributed by atoms with E-state index >= 15 is 0 Å². The van der Waals surface area contributed by atoms with Crippen LogP contribution in [0.25, 0.3) is 0 Å². The topological polar surface area (TPSA) is 18.5 Å². The molecule has 4 unspecified atom stereocenters. The average molecular weight is 667 g/mol. The van der Waals surface area contributed by atoms with E-state index in [0.29, 0.717) is 23.7 Å². The van der Waals surface area contributed by atoms with Gasteiger partial charge in [-0.05, 0) is 98.3 Å². The molecule has 0 aliphatic carbocycles. The summed E-state index contributed by atoms with van der Waals surface area (Å²) in [5, 5.41) is 0. The minimum Gasteiger partial charge on any atom is -0.440 e. The first-order valence-electron chi connectivity index (χ1n) is 20.4. The Bertz CT molecular complexity index is 981. The Morgan fingerprint density at radius 2 is 0.745 bits per heavy atom. The van der Waals surface area contributed by atoms with Gasteiger partial charge in [-0.3, -0.25) is 0 Å². The third-order valence-electron chi connectivity index (χ3n) is 10.8. The molecule has 268 valence electrons. The number of benzene rings is 2. The van der Waals surface area contributed by atoms with Crippen molar-refractivity contribution in [2.75, 3.05) is 0 Å². The fourth-order valence-corrected chi connectivity index (χ4v) is 8.40. The normalized spacial score (nSPS) is 14.4. The van der Waals surface area contributed by atoms with Crippen molar-refractivity contribution in [2.24, 2.45) is 0 Å². The molecule has 0 fully saturated rings. The first-order valence-corrected chi connectivity index (χ1v) is 21.2. The SMILES string of the molecule is CCCCCC(CC)c1cccc(OPOc2cccc(C(CC)CCCCC)c2C(CC)CCCCC)c1C(CC)CCCCC. The molecule has 2 rings (SSSR count). The van der Waals surface area contributed by atoms with E-state index in [0.717, 1.165) is 24.3 Å². The zero-order valence-corrected chi connectivity index (χ0v) is 33.2. The van der Waals surface area contributed by atoms with Crippen LogP contribution >= 0.6 is 9.03 Å². The summed E-state index contributed by atoms with van der Waals surface area (Å²) in [6.07, 6.45) is 25.3. The molecular formula is C44H75O2P. The Labute approximate surface area is 294 Å². The molecule has 2 nitrogen and oxygen atoms in total. The van der Waals surface area contributed by atoms with Crippen molar-refractivity contribution in [1.82, 2.24) is 0 Å². The molecule has 47 heavy (non-hydrogen) atoms. The molecule has 2 aromatic carbocycles. The fourth-order valence-electron chi connectivity index (χ4n) is 7.82. The van der Waals surface area contributed by atoms with Crippen LogP contribution < -0.4 is 9.05 Å². The van der Waals surface area contributed by atoms with Crippen LogP contribution in [-0.4, -0.2) is 0 Å². The molecule has 0 aliphatic heterocycles. The standard InChI is InChI=1S/C44H75O2P/c1-9-17-21-27-35(13-5)39-31-25-33-41(43(39)37(15-7)29-23-19-11-3)45-47-46-42-34-26-32-40(36(14-6)28-22-18-10-2)44(42)38(16-8)30-24-20-12-4/h25-26,31-38,47H,9-24,27-30H2,1-8H3. The second-order valence-corrected chi connectivity index (χ2v) is 14.8. The van der Waals surface area contributed by atoms with Gasteiger partial charge in [0.25, 0.3) is 9.03 Å². The molecule has 0 aliphatic rings. The fraction of sp³-hybridized carbons (Fsp3) is 0.727. The summed E-state index contributed by atoms with van der Waals surface area (Å²) in [5.41, 5.74) is 6.04. The Morgan fingerprint density at radius 3 is 1.04 bits per heavy atom. The number of hydrogen-bond donors (Lipinski definition) is 0. The van der Waals surface area contributed by atoms with Crippen molar-refractivity contribution in [2.45, 2.75) is 207 Å². The number of unbranched alkanes of at least 4 members (excludes halogenated alkanes) is 8.